The van der Waals surface area contributed by atoms with Crippen LogP contribution >= 0.6 is 22.6 Å². The normalized spacial score (nSPS) is 11.9. The number of carbonyl (C=O) groups is 2. The molecule has 0 aliphatic rings. The van der Waals surface area contributed by atoms with Gasteiger partial charge in [0.25, 0.3) is 0 Å². The van der Waals surface area contributed by atoms with E-state index in [1.54, 1.807) is 6.92 Å². The summed E-state index contributed by atoms with van der Waals surface area (Å²) in [5.74, 6) is -0.733. The number of hydrogen-bond donors (Lipinski definition) is 2. The summed E-state index contributed by atoms with van der Waals surface area (Å²) in [6, 6.07) is 7.00. The van der Waals surface area contributed by atoms with Gasteiger partial charge in [-0.25, -0.2) is 0 Å². The molecular formula is C11H13IN2O2. The van der Waals surface area contributed by atoms with E-state index in [4.69, 9.17) is 5.73 Å². The Morgan fingerprint density at radius 2 is 1.94 bits per heavy atom. The van der Waals surface area contributed by atoms with Gasteiger partial charge in [0, 0.05) is 3.57 Å². The van der Waals surface area contributed by atoms with Crippen LogP contribution in [0.1, 0.15) is 12.5 Å². The lowest BCUT2D eigenvalue weighted by Gasteiger charge is -2.09. The molecule has 5 heteroatoms. The monoisotopic (exact) mass is 332 g/mol. The topological polar surface area (TPSA) is 72.2 Å². The lowest BCUT2D eigenvalue weighted by atomic mass is 10.1. The van der Waals surface area contributed by atoms with Crippen LogP contribution in [0.25, 0.3) is 0 Å². The molecule has 0 fully saturated rings. The maximum Gasteiger partial charge on any atom is 0.239 e. The second kappa shape index (κ2) is 5.83. The minimum absolute atomic E-state index is 0.201. The van der Waals surface area contributed by atoms with E-state index in [1.165, 1.54) is 0 Å². The zero-order valence-corrected chi connectivity index (χ0v) is 11.0. The zero-order valence-electron chi connectivity index (χ0n) is 8.87. The van der Waals surface area contributed by atoms with E-state index in [0.717, 1.165) is 9.13 Å². The number of rotatable bonds is 4. The number of primary amides is 1. The van der Waals surface area contributed by atoms with Gasteiger partial charge in [-0.15, -0.1) is 0 Å². The molecule has 0 aliphatic carbocycles. The van der Waals surface area contributed by atoms with Crippen molar-refractivity contribution in [2.45, 2.75) is 19.4 Å². The molecule has 0 aliphatic heterocycles. The Morgan fingerprint density at radius 3 is 2.44 bits per heavy atom. The molecule has 16 heavy (non-hydrogen) atoms. The Bertz CT molecular complexity index is 389. The first-order chi connectivity index (χ1) is 7.49. The van der Waals surface area contributed by atoms with Gasteiger partial charge in [0.2, 0.25) is 11.8 Å². The minimum Gasteiger partial charge on any atom is -0.368 e. The van der Waals surface area contributed by atoms with Crippen LogP contribution in [0.3, 0.4) is 0 Å². The highest BCUT2D eigenvalue weighted by Crippen LogP contribution is 2.07. The van der Waals surface area contributed by atoms with Crippen molar-refractivity contribution in [3.8, 4) is 0 Å². The summed E-state index contributed by atoms with van der Waals surface area (Å²) in [6.45, 7) is 1.56. The molecule has 0 radical (unpaired) electrons. The molecule has 0 saturated heterocycles. The largest absolute Gasteiger partial charge is 0.368 e. The molecule has 0 bridgehead atoms. The van der Waals surface area contributed by atoms with Gasteiger partial charge in [-0.1, -0.05) is 12.1 Å². The first-order valence-corrected chi connectivity index (χ1v) is 5.90. The van der Waals surface area contributed by atoms with E-state index in [-0.39, 0.29) is 12.3 Å². The van der Waals surface area contributed by atoms with Crippen molar-refractivity contribution in [2.75, 3.05) is 0 Å². The fraction of sp³-hybridized carbons (Fsp3) is 0.273. The van der Waals surface area contributed by atoms with Crippen molar-refractivity contribution in [1.29, 1.82) is 0 Å². The first kappa shape index (κ1) is 13.0. The fourth-order valence-electron chi connectivity index (χ4n) is 1.15. The number of halogens is 1. The van der Waals surface area contributed by atoms with Crippen LogP contribution in [0.2, 0.25) is 0 Å². The Balaban J connectivity index is 2.52. The SMILES string of the molecule is C[C@H](NC(=O)Cc1ccc(I)cc1)C(N)=O. The third-order valence-electron chi connectivity index (χ3n) is 2.08. The molecule has 1 aromatic rings. The van der Waals surface area contributed by atoms with Crippen molar-refractivity contribution in [1.82, 2.24) is 5.32 Å². The summed E-state index contributed by atoms with van der Waals surface area (Å²) in [4.78, 5) is 22.2. The smallest absolute Gasteiger partial charge is 0.239 e. The average molecular weight is 332 g/mol. The van der Waals surface area contributed by atoms with Crippen LogP contribution in [0.5, 0.6) is 0 Å². The van der Waals surface area contributed by atoms with Crippen molar-refractivity contribution >= 4 is 34.4 Å². The molecule has 1 rings (SSSR count). The molecule has 0 saturated carbocycles. The van der Waals surface area contributed by atoms with Gasteiger partial charge in [0.15, 0.2) is 0 Å². The highest BCUT2D eigenvalue weighted by atomic mass is 127. The third kappa shape index (κ3) is 4.18. The summed E-state index contributed by atoms with van der Waals surface area (Å²) in [5, 5.41) is 2.53. The summed E-state index contributed by atoms with van der Waals surface area (Å²) >= 11 is 2.20. The zero-order chi connectivity index (χ0) is 12.1. The second-order valence-electron chi connectivity index (χ2n) is 3.49. The molecule has 0 unspecified atom stereocenters. The van der Waals surface area contributed by atoms with E-state index in [2.05, 4.69) is 27.9 Å². The van der Waals surface area contributed by atoms with Gasteiger partial charge in [0.05, 0.1) is 6.42 Å². The van der Waals surface area contributed by atoms with Crippen molar-refractivity contribution in [2.24, 2.45) is 5.73 Å². The van der Waals surface area contributed by atoms with E-state index >= 15 is 0 Å². The maximum absolute atomic E-state index is 11.5. The molecular weight excluding hydrogens is 319 g/mol. The van der Waals surface area contributed by atoms with Gasteiger partial charge in [-0.2, -0.15) is 0 Å². The quantitative estimate of drug-likeness (QED) is 0.802. The molecule has 0 spiro atoms. The number of nitrogens with two attached hydrogens (primary N) is 1. The van der Waals surface area contributed by atoms with Gasteiger partial charge in [-0.05, 0) is 47.2 Å². The Morgan fingerprint density at radius 1 is 1.38 bits per heavy atom. The highest BCUT2D eigenvalue weighted by molar-refractivity contribution is 14.1. The van der Waals surface area contributed by atoms with Crippen molar-refractivity contribution in [3.05, 3.63) is 33.4 Å². The van der Waals surface area contributed by atoms with E-state index in [1.807, 2.05) is 24.3 Å². The van der Waals surface area contributed by atoms with Crippen molar-refractivity contribution < 1.29 is 9.59 Å². The number of amides is 2. The summed E-state index contributed by atoms with van der Waals surface area (Å²) in [6.07, 6.45) is 0.258. The van der Waals surface area contributed by atoms with Gasteiger partial charge >= 0.3 is 0 Å². The van der Waals surface area contributed by atoms with Gasteiger partial charge in [0.1, 0.15) is 6.04 Å². The fourth-order valence-corrected chi connectivity index (χ4v) is 1.51. The van der Waals surface area contributed by atoms with E-state index in [9.17, 15) is 9.59 Å². The summed E-state index contributed by atoms with van der Waals surface area (Å²) in [7, 11) is 0. The number of nitrogens with one attached hydrogen (secondary N) is 1. The molecule has 3 N–H and O–H groups in total. The molecule has 1 aromatic carbocycles. The maximum atomic E-state index is 11.5. The predicted octanol–water partition coefficient (Wildman–Crippen LogP) is 0.824. The summed E-state index contributed by atoms with van der Waals surface area (Å²) < 4.78 is 1.12. The van der Waals surface area contributed by atoms with Crippen LogP contribution in [0.15, 0.2) is 24.3 Å². The van der Waals surface area contributed by atoms with Gasteiger partial charge < -0.3 is 11.1 Å². The molecule has 2 amide bonds. The highest BCUT2D eigenvalue weighted by Gasteiger charge is 2.12. The third-order valence-corrected chi connectivity index (χ3v) is 2.80. The molecule has 4 nitrogen and oxygen atoms in total. The van der Waals surface area contributed by atoms with E-state index < -0.39 is 11.9 Å². The van der Waals surface area contributed by atoms with Gasteiger partial charge in [-0.3, -0.25) is 9.59 Å². The number of carbonyl (C=O) groups excluding carboxylic acids is 2. The number of benzene rings is 1. The number of hydrogen-bond acceptors (Lipinski definition) is 2. The Labute approximate surface area is 108 Å². The Hall–Kier alpha value is -1.11. The molecule has 0 aromatic heterocycles. The first-order valence-electron chi connectivity index (χ1n) is 4.82. The second-order valence-corrected chi connectivity index (χ2v) is 4.74. The predicted molar refractivity (Wildman–Crippen MR) is 69.7 cm³/mol. The van der Waals surface area contributed by atoms with Crippen LogP contribution < -0.4 is 11.1 Å². The van der Waals surface area contributed by atoms with Crippen molar-refractivity contribution in [3.63, 3.8) is 0 Å². The molecule has 86 valence electrons. The van der Waals surface area contributed by atoms with Crippen LogP contribution in [0.4, 0.5) is 0 Å². The van der Waals surface area contributed by atoms with Crippen LogP contribution in [-0.2, 0) is 16.0 Å². The van der Waals surface area contributed by atoms with Crippen LogP contribution in [-0.4, -0.2) is 17.9 Å². The lowest BCUT2D eigenvalue weighted by molar-refractivity contribution is -0.126. The Kier molecular flexibility index (Phi) is 4.72. The average Bonchev–Trinajstić information content (AvgIpc) is 2.21. The van der Waals surface area contributed by atoms with E-state index in [0.29, 0.717) is 0 Å². The molecule has 1 atom stereocenters. The standard InChI is InChI=1S/C11H13IN2O2/c1-7(11(13)16)14-10(15)6-8-2-4-9(12)5-3-8/h2-5,7H,6H2,1H3,(H2,13,16)(H,14,15)/t7-/m0/s1. The summed E-state index contributed by atoms with van der Waals surface area (Å²) in [5.41, 5.74) is 5.95. The minimum atomic E-state index is -0.628. The van der Waals surface area contributed by atoms with Crippen LogP contribution in [0, 0.1) is 3.57 Å². The molecule has 0 heterocycles. The lowest BCUT2D eigenvalue weighted by Crippen LogP contribution is -2.42.